The van der Waals surface area contributed by atoms with Crippen molar-refractivity contribution in [2.24, 2.45) is 10.7 Å². The normalized spacial score (nSPS) is 16.1. The molecule has 0 saturated carbocycles. The maximum Gasteiger partial charge on any atom is 0.191 e. The van der Waals surface area contributed by atoms with E-state index in [9.17, 15) is 0 Å². The standard InChI is InChI=1S/C12H16BrN3/c1-9-7-10(3-4-11(9)13)8-15-12(14)16-5-2-6-16/h3-4,7H,2,5-6,8H2,1H3,(H2,14,15). The number of guanidine groups is 1. The number of likely N-dealkylation sites (tertiary alicyclic amines) is 1. The number of nitrogens with two attached hydrogens (primary N) is 1. The van der Waals surface area contributed by atoms with Crippen LogP contribution in [0.2, 0.25) is 0 Å². The molecule has 1 aromatic rings. The van der Waals surface area contributed by atoms with Crippen molar-refractivity contribution >= 4 is 21.9 Å². The lowest BCUT2D eigenvalue weighted by molar-refractivity contribution is 0.295. The van der Waals surface area contributed by atoms with Gasteiger partial charge in [0, 0.05) is 17.6 Å². The van der Waals surface area contributed by atoms with E-state index in [2.05, 4.69) is 50.9 Å². The Balaban J connectivity index is 2.00. The van der Waals surface area contributed by atoms with E-state index in [4.69, 9.17) is 5.73 Å². The minimum absolute atomic E-state index is 0.663. The number of halogens is 1. The molecule has 1 saturated heterocycles. The Labute approximate surface area is 104 Å². The summed E-state index contributed by atoms with van der Waals surface area (Å²) in [5.41, 5.74) is 8.29. The Hall–Kier alpha value is -1.03. The molecule has 0 atom stereocenters. The molecule has 4 heteroatoms. The zero-order valence-electron chi connectivity index (χ0n) is 9.41. The zero-order chi connectivity index (χ0) is 11.5. The largest absolute Gasteiger partial charge is 0.370 e. The average molecular weight is 282 g/mol. The minimum Gasteiger partial charge on any atom is -0.370 e. The van der Waals surface area contributed by atoms with Gasteiger partial charge in [0.2, 0.25) is 0 Å². The first-order valence-corrected chi connectivity index (χ1v) is 6.26. The molecule has 1 aliphatic heterocycles. The Morgan fingerprint density at radius 3 is 2.81 bits per heavy atom. The molecule has 2 N–H and O–H groups in total. The summed E-state index contributed by atoms with van der Waals surface area (Å²) in [7, 11) is 0. The Bertz CT molecular complexity index is 411. The highest BCUT2D eigenvalue weighted by Crippen LogP contribution is 2.17. The second-order valence-corrected chi connectivity index (χ2v) is 4.95. The maximum atomic E-state index is 5.86. The smallest absolute Gasteiger partial charge is 0.191 e. The molecule has 0 amide bonds. The van der Waals surface area contributed by atoms with Crippen molar-refractivity contribution < 1.29 is 0 Å². The number of rotatable bonds is 2. The highest BCUT2D eigenvalue weighted by atomic mass is 79.9. The van der Waals surface area contributed by atoms with Crippen molar-refractivity contribution in [3.8, 4) is 0 Å². The first kappa shape index (κ1) is 11.5. The van der Waals surface area contributed by atoms with Gasteiger partial charge in [-0.3, -0.25) is 0 Å². The van der Waals surface area contributed by atoms with E-state index in [0.29, 0.717) is 12.5 Å². The maximum absolute atomic E-state index is 5.86. The van der Waals surface area contributed by atoms with Gasteiger partial charge in [-0.2, -0.15) is 0 Å². The van der Waals surface area contributed by atoms with Crippen molar-refractivity contribution in [1.29, 1.82) is 0 Å². The van der Waals surface area contributed by atoms with Crippen molar-refractivity contribution in [2.45, 2.75) is 19.9 Å². The van der Waals surface area contributed by atoms with E-state index in [-0.39, 0.29) is 0 Å². The third-order valence-corrected chi connectivity index (χ3v) is 3.72. The molecule has 1 fully saturated rings. The van der Waals surface area contributed by atoms with Crippen LogP contribution in [0.4, 0.5) is 0 Å². The van der Waals surface area contributed by atoms with Crippen LogP contribution in [0.25, 0.3) is 0 Å². The van der Waals surface area contributed by atoms with Gasteiger partial charge in [0.1, 0.15) is 0 Å². The molecule has 3 nitrogen and oxygen atoms in total. The van der Waals surface area contributed by atoms with E-state index >= 15 is 0 Å². The summed E-state index contributed by atoms with van der Waals surface area (Å²) >= 11 is 3.48. The number of hydrogen-bond donors (Lipinski definition) is 1. The fourth-order valence-corrected chi connectivity index (χ4v) is 1.87. The van der Waals surface area contributed by atoms with Gasteiger partial charge in [0.15, 0.2) is 5.96 Å². The number of aliphatic imine (C=N–C) groups is 1. The Morgan fingerprint density at radius 1 is 1.50 bits per heavy atom. The van der Waals surface area contributed by atoms with Crippen molar-refractivity contribution in [3.63, 3.8) is 0 Å². The molecular weight excluding hydrogens is 266 g/mol. The van der Waals surface area contributed by atoms with Crippen molar-refractivity contribution in [2.75, 3.05) is 13.1 Å². The van der Waals surface area contributed by atoms with Gasteiger partial charge >= 0.3 is 0 Å². The fraction of sp³-hybridized carbons (Fsp3) is 0.417. The summed E-state index contributed by atoms with van der Waals surface area (Å²) in [6.45, 7) is 4.84. The topological polar surface area (TPSA) is 41.6 Å². The third-order valence-electron chi connectivity index (χ3n) is 2.83. The van der Waals surface area contributed by atoms with Crippen molar-refractivity contribution in [3.05, 3.63) is 33.8 Å². The first-order valence-electron chi connectivity index (χ1n) is 5.47. The number of hydrogen-bond acceptors (Lipinski definition) is 1. The molecule has 1 aliphatic rings. The predicted molar refractivity (Wildman–Crippen MR) is 70.4 cm³/mol. The molecule has 0 aliphatic carbocycles. The van der Waals surface area contributed by atoms with E-state index < -0.39 is 0 Å². The molecule has 0 unspecified atom stereocenters. The molecule has 0 bridgehead atoms. The molecule has 16 heavy (non-hydrogen) atoms. The van der Waals surface area contributed by atoms with Crippen LogP contribution in [-0.4, -0.2) is 23.9 Å². The molecule has 2 rings (SSSR count). The lowest BCUT2D eigenvalue weighted by Gasteiger charge is -2.31. The molecular formula is C12H16BrN3. The van der Waals surface area contributed by atoms with Crippen LogP contribution in [0.15, 0.2) is 27.7 Å². The summed E-state index contributed by atoms with van der Waals surface area (Å²) in [5, 5.41) is 0. The van der Waals surface area contributed by atoms with Crippen LogP contribution < -0.4 is 5.73 Å². The van der Waals surface area contributed by atoms with E-state index in [1.54, 1.807) is 0 Å². The summed E-state index contributed by atoms with van der Waals surface area (Å²) in [5.74, 6) is 0.673. The SMILES string of the molecule is Cc1cc(CN=C(N)N2CCC2)ccc1Br. The summed E-state index contributed by atoms with van der Waals surface area (Å²) in [6.07, 6.45) is 1.23. The number of benzene rings is 1. The molecule has 0 spiro atoms. The van der Waals surface area contributed by atoms with Crippen LogP contribution in [-0.2, 0) is 6.54 Å². The van der Waals surface area contributed by atoms with Crippen LogP contribution in [0.5, 0.6) is 0 Å². The minimum atomic E-state index is 0.663. The summed E-state index contributed by atoms with van der Waals surface area (Å²) < 4.78 is 1.14. The summed E-state index contributed by atoms with van der Waals surface area (Å²) in [4.78, 5) is 6.50. The Morgan fingerprint density at radius 2 is 2.25 bits per heavy atom. The highest BCUT2D eigenvalue weighted by Gasteiger charge is 2.15. The average Bonchev–Trinajstić information content (AvgIpc) is 2.17. The quantitative estimate of drug-likeness (QED) is 0.668. The molecule has 1 aromatic carbocycles. The van der Waals surface area contributed by atoms with Gasteiger partial charge in [-0.1, -0.05) is 28.1 Å². The lowest BCUT2D eigenvalue weighted by atomic mass is 10.1. The molecule has 0 radical (unpaired) electrons. The predicted octanol–water partition coefficient (Wildman–Crippen LogP) is 2.28. The number of aryl methyl sites for hydroxylation is 1. The number of nitrogens with zero attached hydrogens (tertiary/aromatic N) is 2. The Kier molecular flexibility index (Phi) is 3.49. The van der Waals surface area contributed by atoms with E-state index in [1.165, 1.54) is 17.5 Å². The van der Waals surface area contributed by atoms with E-state index in [1.807, 2.05) is 0 Å². The second-order valence-electron chi connectivity index (χ2n) is 4.10. The zero-order valence-corrected chi connectivity index (χ0v) is 11.0. The highest BCUT2D eigenvalue weighted by molar-refractivity contribution is 9.10. The van der Waals surface area contributed by atoms with Gasteiger partial charge in [0.25, 0.3) is 0 Å². The monoisotopic (exact) mass is 281 g/mol. The van der Waals surface area contributed by atoms with Gasteiger partial charge < -0.3 is 10.6 Å². The van der Waals surface area contributed by atoms with Crippen LogP contribution in [0.1, 0.15) is 17.5 Å². The summed E-state index contributed by atoms with van der Waals surface area (Å²) in [6, 6.07) is 6.26. The van der Waals surface area contributed by atoms with Gasteiger partial charge in [-0.15, -0.1) is 0 Å². The van der Waals surface area contributed by atoms with E-state index in [0.717, 1.165) is 17.6 Å². The van der Waals surface area contributed by atoms with Crippen LogP contribution in [0, 0.1) is 6.92 Å². The molecule has 86 valence electrons. The first-order chi connectivity index (χ1) is 7.66. The third kappa shape index (κ3) is 2.55. The van der Waals surface area contributed by atoms with Crippen molar-refractivity contribution in [1.82, 2.24) is 4.90 Å². The second kappa shape index (κ2) is 4.87. The van der Waals surface area contributed by atoms with Crippen LogP contribution in [0.3, 0.4) is 0 Å². The van der Waals surface area contributed by atoms with Gasteiger partial charge in [0.05, 0.1) is 6.54 Å². The molecule has 1 heterocycles. The molecule has 0 aromatic heterocycles. The lowest BCUT2D eigenvalue weighted by Crippen LogP contribution is -2.46. The van der Waals surface area contributed by atoms with Gasteiger partial charge in [-0.05, 0) is 30.5 Å². The van der Waals surface area contributed by atoms with Crippen LogP contribution >= 0.6 is 15.9 Å². The fourth-order valence-electron chi connectivity index (χ4n) is 1.62. The van der Waals surface area contributed by atoms with Gasteiger partial charge in [-0.25, -0.2) is 4.99 Å².